The van der Waals surface area contributed by atoms with Crippen molar-refractivity contribution in [1.82, 2.24) is 25.2 Å². The van der Waals surface area contributed by atoms with Crippen LogP contribution in [0.1, 0.15) is 89.7 Å². The van der Waals surface area contributed by atoms with Gasteiger partial charge in [0.15, 0.2) is 0 Å². The molecule has 5 aliphatic rings. The van der Waals surface area contributed by atoms with Crippen molar-refractivity contribution < 1.29 is 41.9 Å². The molecule has 3 fully saturated rings. The number of hydrogen-bond donors (Lipinski definition) is 3. The van der Waals surface area contributed by atoms with E-state index in [4.69, 9.17) is 21.1 Å². The number of fused-ring (bicyclic) bond motifs is 3. The van der Waals surface area contributed by atoms with E-state index in [-0.39, 0.29) is 32.4 Å². The summed E-state index contributed by atoms with van der Waals surface area (Å²) in [6, 6.07) is 3.35. The Morgan fingerprint density at radius 2 is 1.85 bits per heavy atom. The Morgan fingerprint density at radius 1 is 1.08 bits per heavy atom. The van der Waals surface area contributed by atoms with Crippen LogP contribution in [0.3, 0.4) is 0 Å². The van der Waals surface area contributed by atoms with Crippen molar-refractivity contribution in [3.8, 4) is 0 Å². The lowest BCUT2D eigenvalue weighted by atomic mass is 10.0. The zero-order valence-corrected chi connectivity index (χ0v) is 31.4. The van der Waals surface area contributed by atoms with Crippen LogP contribution >= 0.6 is 11.6 Å². The summed E-state index contributed by atoms with van der Waals surface area (Å²) < 4.78 is 39.1. The van der Waals surface area contributed by atoms with Gasteiger partial charge in [-0.3, -0.25) is 19.1 Å². The zero-order valence-electron chi connectivity index (χ0n) is 29.8. The highest BCUT2D eigenvalue weighted by Crippen LogP contribution is 2.46. The van der Waals surface area contributed by atoms with Gasteiger partial charge in [-0.15, -0.1) is 0 Å². The molecule has 0 radical (unpaired) electrons. The largest absolute Gasteiger partial charge is 0.444 e. The van der Waals surface area contributed by atoms with Gasteiger partial charge in [-0.2, -0.15) is 0 Å². The fraction of sp³-hybridized carbons (Fsp3) is 0.639. The summed E-state index contributed by atoms with van der Waals surface area (Å²) in [7, 11) is -3.91. The van der Waals surface area contributed by atoms with Crippen LogP contribution in [0.4, 0.5) is 9.59 Å². The Morgan fingerprint density at radius 3 is 2.58 bits per heavy atom. The molecule has 0 spiro atoms. The molecule has 16 heteroatoms. The fourth-order valence-electron chi connectivity index (χ4n) is 7.21. The van der Waals surface area contributed by atoms with Crippen LogP contribution in [0.5, 0.6) is 0 Å². The first-order valence-electron chi connectivity index (χ1n) is 18.1. The van der Waals surface area contributed by atoms with Crippen molar-refractivity contribution in [2.45, 2.75) is 126 Å². The van der Waals surface area contributed by atoms with Crippen LogP contribution in [0.25, 0.3) is 0 Å². The van der Waals surface area contributed by atoms with Crippen molar-refractivity contribution in [2.75, 3.05) is 13.1 Å². The van der Waals surface area contributed by atoms with E-state index in [1.54, 1.807) is 26.8 Å². The number of carbonyl (C=O) groups is 5. The molecular weight excluding hydrogens is 714 g/mol. The molecule has 3 heterocycles. The number of halogens is 1. The second-order valence-electron chi connectivity index (χ2n) is 15.5. The minimum absolute atomic E-state index is 0.0772. The number of rotatable bonds is 5. The number of nitrogens with zero attached hydrogens (tertiary/aromatic N) is 2. The van der Waals surface area contributed by atoms with Crippen LogP contribution in [-0.2, 0) is 46.8 Å². The molecule has 5 atom stereocenters. The first-order valence-corrected chi connectivity index (χ1v) is 20.1. The smallest absolute Gasteiger partial charge is 0.410 e. The van der Waals surface area contributed by atoms with Crippen LogP contribution in [0.15, 0.2) is 30.4 Å². The number of allylic oxidation sites excluding steroid dienone is 1. The monoisotopic (exact) mass is 761 g/mol. The van der Waals surface area contributed by atoms with Crippen molar-refractivity contribution in [1.29, 1.82) is 0 Å². The predicted molar refractivity (Wildman–Crippen MR) is 190 cm³/mol. The lowest BCUT2D eigenvalue weighted by Gasteiger charge is -2.30. The highest BCUT2D eigenvalue weighted by atomic mass is 35.5. The molecule has 6 rings (SSSR count). The van der Waals surface area contributed by atoms with Crippen LogP contribution < -0.4 is 15.4 Å². The first-order chi connectivity index (χ1) is 24.6. The quantitative estimate of drug-likeness (QED) is 0.377. The Kier molecular flexibility index (Phi) is 10.8. The third kappa shape index (κ3) is 8.67. The maximum Gasteiger partial charge on any atom is 0.410 e. The van der Waals surface area contributed by atoms with Gasteiger partial charge in [0.25, 0.3) is 5.91 Å². The summed E-state index contributed by atoms with van der Waals surface area (Å²) in [5, 5.41) is 5.41. The van der Waals surface area contributed by atoms with E-state index in [0.29, 0.717) is 43.7 Å². The SMILES string of the molecule is CC(C)(C)OC(=O)N[C@H]1CCCCC/C=C\[C@@H]2C[C@@]2(C(=O)NS(=O)(=O)C2CC2)NC(=O)[C@@H]2C[C@@H](OC(=O)N3CCc4cccc(Cl)c4C3)CN2C1=O. The highest BCUT2D eigenvalue weighted by molar-refractivity contribution is 7.91. The molecule has 284 valence electrons. The summed E-state index contributed by atoms with van der Waals surface area (Å²) in [5.74, 6) is -2.52. The number of hydrogen-bond acceptors (Lipinski definition) is 9. The summed E-state index contributed by atoms with van der Waals surface area (Å²) in [6.07, 6.45) is 6.12. The van der Waals surface area contributed by atoms with Gasteiger partial charge in [-0.1, -0.05) is 48.7 Å². The molecule has 3 N–H and O–H groups in total. The molecule has 14 nitrogen and oxygen atoms in total. The standard InChI is InChI=1S/C36H48ClN5O9S/c1-35(2,3)51-33(46)38-28-13-8-6-4-5-7-11-23-19-36(23,32(45)40-52(48,49)25-14-15-25)39-30(43)29-18-24(20-42(29)31(28)44)50-34(47)41-17-16-22-10-9-12-27(37)26(22)21-41/h7,9-12,23-25,28-29H,4-6,8,13-21H2,1-3H3,(H,38,46)(H,39,43)(H,40,45)/b11-7-/t23-,24-,28+,29+,36-/m1/s1. The molecule has 1 saturated heterocycles. The molecule has 2 aliphatic carbocycles. The lowest BCUT2D eigenvalue weighted by molar-refractivity contribution is -0.141. The molecule has 1 aromatic rings. The number of alkyl carbamates (subject to hydrolysis) is 1. The van der Waals surface area contributed by atoms with Gasteiger partial charge in [-0.05, 0) is 82.9 Å². The lowest BCUT2D eigenvalue weighted by Crippen LogP contribution is -2.58. The number of carbonyl (C=O) groups excluding carboxylic acids is 5. The van der Waals surface area contributed by atoms with Crippen molar-refractivity contribution in [2.24, 2.45) is 5.92 Å². The molecule has 0 unspecified atom stereocenters. The van der Waals surface area contributed by atoms with Gasteiger partial charge in [-0.25, -0.2) is 18.0 Å². The molecule has 1 aromatic carbocycles. The molecule has 3 aliphatic heterocycles. The van der Waals surface area contributed by atoms with Crippen LogP contribution in [0, 0.1) is 5.92 Å². The fourth-order valence-corrected chi connectivity index (χ4v) is 8.83. The first kappa shape index (κ1) is 37.9. The Labute approximate surface area is 309 Å². The van der Waals surface area contributed by atoms with Gasteiger partial charge in [0, 0.05) is 23.9 Å². The number of nitrogens with one attached hydrogen (secondary N) is 3. The minimum Gasteiger partial charge on any atom is -0.444 e. The van der Waals surface area contributed by atoms with E-state index in [2.05, 4.69) is 15.4 Å². The van der Waals surface area contributed by atoms with Crippen LogP contribution in [-0.4, -0.2) is 95.8 Å². The van der Waals surface area contributed by atoms with Gasteiger partial charge < -0.3 is 29.9 Å². The van der Waals surface area contributed by atoms with Crippen molar-refractivity contribution in [3.63, 3.8) is 0 Å². The molecule has 0 bridgehead atoms. The highest BCUT2D eigenvalue weighted by Gasteiger charge is 2.62. The summed E-state index contributed by atoms with van der Waals surface area (Å²) in [6.45, 7) is 5.62. The second kappa shape index (κ2) is 14.9. The van der Waals surface area contributed by atoms with E-state index >= 15 is 0 Å². The van der Waals surface area contributed by atoms with E-state index in [1.807, 2.05) is 24.3 Å². The summed E-state index contributed by atoms with van der Waals surface area (Å²) >= 11 is 6.42. The van der Waals surface area contributed by atoms with E-state index in [0.717, 1.165) is 24.0 Å². The van der Waals surface area contributed by atoms with E-state index in [9.17, 15) is 32.4 Å². The van der Waals surface area contributed by atoms with E-state index < -0.39 is 80.4 Å². The minimum atomic E-state index is -3.91. The Bertz CT molecular complexity index is 1740. The maximum atomic E-state index is 14.3. The van der Waals surface area contributed by atoms with Gasteiger partial charge in [0.05, 0.1) is 18.3 Å². The Hall–Kier alpha value is -3.85. The Balaban J connectivity index is 1.25. The molecule has 2 saturated carbocycles. The number of amides is 5. The third-order valence-electron chi connectivity index (χ3n) is 10.3. The zero-order chi connectivity index (χ0) is 37.4. The number of sulfonamides is 1. The topological polar surface area (TPSA) is 181 Å². The third-order valence-corrected chi connectivity index (χ3v) is 12.4. The van der Waals surface area contributed by atoms with E-state index in [1.165, 1.54) is 9.80 Å². The van der Waals surface area contributed by atoms with Gasteiger partial charge in [0.1, 0.15) is 29.3 Å². The van der Waals surface area contributed by atoms with Gasteiger partial charge >= 0.3 is 12.2 Å². The molecule has 52 heavy (non-hydrogen) atoms. The second-order valence-corrected chi connectivity index (χ2v) is 17.9. The average Bonchev–Trinajstić information content (AvgIpc) is 3.99. The van der Waals surface area contributed by atoms with Crippen LogP contribution in [0.2, 0.25) is 5.02 Å². The molecule has 0 aromatic heterocycles. The van der Waals surface area contributed by atoms with Gasteiger partial charge in [0.2, 0.25) is 21.8 Å². The van der Waals surface area contributed by atoms with Crippen molar-refractivity contribution >= 4 is 51.5 Å². The number of ether oxygens (including phenoxy) is 2. The predicted octanol–water partition coefficient (Wildman–Crippen LogP) is 3.70. The average molecular weight is 762 g/mol. The maximum absolute atomic E-state index is 14.3. The summed E-state index contributed by atoms with van der Waals surface area (Å²) in [5.41, 5.74) is -0.479. The van der Waals surface area contributed by atoms with Crippen molar-refractivity contribution in [3.05, 3.63) is 46.5 Å². The number of benzene rings is 1. The molecular formula is C36H48ClN5O9S. The summed E-state index contributed by atoms with van der Waals surface area (Å²) in [4.78, 5) is 71.4. The molecule has 5 amide bonds. The normalized spacial score (nSPS) is 28.8.